The SMILES string of the molecule is CC(C)CC(NC(=O)c1ccc(Cl)cc1Cl)C(=O)NCc1nc2ccccc2[nH]1. The summed E-state index contributed by atoms with van der Waals surface area (Å²) >= 11 is 12.0. The van der Waals surface area contributed by atoms with Crippen LogP contribution >= 0.6 is 23.2 Å². The lowest BCUT2D eigenvalue weighted by Gasteiger charge is -2.20. The maximum Gasteiger partial charge on any atom is 0.253 e. The summed E-state index contributed by atoms with van der Waals surface area (Å²) in [6.45, 7) is 4.21. The van der Waals surface area contributed by atoms with Gasteiger partial charge in [-0.25, -0.2) is 4.98 Å². The molecule has 1 aromatic heterocycles. The van der Waals surface area contributed by atoms with E-state index in [4.69, 9.17) is 23.2 Å². The molecule has 1 atom stereocenters. The van der Waals surface area contributed by atoms with Crippen LogP contribution in [0.15, 0.2) is 42.5 Å². The maximum absolute atomic E-state index is 12.8. The van der Waals surface area contributed by atoms with Crippen molar-refractivity contribution in [2.45, 2.75) is 32.9 Å². The lowest BCUT2D eigenvalue weighted by molar-refractivity contribution is -0.123. The van der Waals surface area contributed by atoms with E-state index in [0.717, 1.165) is 11.0 Å². The van der Waals surface area contributed by atoms with Crippen molar-refractivity contribution in [3.05, 3.63) is 63.9 Å². The number of halogens is 2. The molecule has 0 radical (unpaired) electrons. The van der Waals surface area contributed by atoms with Gasteiger partial charge in [0.2, 0.25) is 5.91 Å². The average Bonchev–Trinajstić information content (AvgIpc) is 3.08. The standard InChI is InChI=1S/C21H22Cl2N4O2/c1-12(2)9-18(27-20(28)14-8-7-13(22)10-15(14)23)21(29)24-11-19-25-16-5-3-4-6-17(16)26-19/h3-8,10,12,18H,9,11H2,1-2H3,(H,24,29)(H,25,26)(H,27,28). The van der Waals surface area contributed by atoms with Crippen LogP contribution in [0, 0.1) is 5.92 Å². The molecule has 1 unspecified atom stereocenters. The van der Waals surface area contributed by atoms with Crippen LogP contribution in [-0.4, -0.2) is 27.8 Å². The van der Waals surface area contributed by atoms with E-state index in [0.29, 0.717) is 17.3 Å². The molecule has 0 aliphatic carbocycles. The van der Waals surface area contributed by atoms with E-state index in [9.17, 15) is 9.59 Å². The van der Waals surface area contributed by atoms with Crippen LogP contribution in [0.2, 0.25) is 10.0 Å². The van der Waals surface area contributed by atoms with Gasteiger partial charge in [0.05, 0.1) is 28.2 Å². The molecule has 6 nitrogen and oxygen atoms in total. The fraction of sp³-hybridized carbons (Fsp3) is 0.286. The number of carbonyl (C=O) groups excluding carboxylic acids is 2. The van der Waals surface area contributed by atoms with Crippen LogP contribution in [0.3, 0.4) is 0 Å². The number of para-hydroxylation sites is 2. The molecule has 0 saturated heterocycles. The van der Waals surface area contributed by atoms with Gasteiger partial charge in [0.15, 0.2) is 0 Å². The number of nitrogens with zero attached hydrogens (tertiary/aromatic N) is 1. The molecular weight excluding hydrogens is 411 g/mol. The summed E-state index contributed by atoms with van der Waals surface area (Å²) < 4.78 is 0. The van der Waals surface area contributed by atoms with Gasteiger partial charge >= 0.3 is 0 Å². The topological polar surface area (TPSA) is 86.9 Å². The zero-order valence-electron chi connectivity index (χ0n) is 16.1. The first kappa shape index (κ1) is 21.1. The zero-order valence-corrected chi connectivity index (χ0v) is 17.6. The van der Waals surface area contributed by atoms with Crippen LogP contribution in [0.5, 0.6) is 0 Å². The predicted molar refractivity (Wildman–Crippen MR) is 115 cm³/mol. The number of aromatic amines is 1. The monoisotopic (exact) mass is 432 g/mol. The molecule has 2 aromatic carbocycles. The van der Waals surface area contributed by atoms with Gasteiger partial charge in [0.25, 0.3) is 5.91 Å². The number of aromatic nitrogens is 2. The Morgan fingerprint density at radius 1 is 1.14 bits per heavy atom. The summed E-state index contributed by atoms with van der Waals surface area (Å²) in [7, 11) is 0. The third kappa shape index (κ3) is 5.49. The number of carbonyl (C=O) groups is 2. The first-order valence-corrected chi connectivity index (χ1v) is 10.1. The van der Waals surface area contributed by atoms with Gasteiger partial charge in [-0.2, -0.15) is 0 Å². The number of hydrogen-bond acceptors (Lipinski definition) is 3. The Morgan fingerprint density at radius 3 is 2.59 bits per heavy atom. The molecule has 0 spiro atoms. The van der Waals surface area contributed by atoms with Crippen LogP contribution < -0.4 is 10.6 Å². The third-order valence-corrected chi connectivity index (χ3v) is 4.92. The molecule has 0 saturated carbocycles. The van der Waals surface area contributed by atoms with Gasteiger partial charge in [-0.3, -0.25) is 9.59 Å². The summed E-state index contributed by atoms with van der Waals surface area (Å²) in [5, 5.41) is 6.30. The third-order valence-electron chi connectivity index (χ3n) is 4.37. The van der Waals surface area contributed by atoms with E-state index in [2.05, 4.69) is 20.6 Å². The normalized spacial score (nSPS) is 12.2. The number of hydrogen-bond donors (Lipinski definition) is 3. The summed E-state index contributed by atoms with van der Waals surface area (Å²) in [6, 6.07) is 11.6. The molecule has 8 heteroatoms. The smallest absolute Gasteiger partial charge is 0.253 e. The minimum Gasteiger partial charge on any atom is -0.347 e. The Hall–Kier alpha value is -2.57. The lowest BCUT2D eigenvalue weighted by atomic mass is 10.0. The van der Waals surface area contributed by atoms with Gasteiger partial charge in [-0.15, -0.1) is 0 Å². The predicted octanol–water partition coefficient (Wildman–Crippen LogP) is 4.33. The van der Waals surface area contributed by atoms with Gasteiger partial charge < -0.3 is 15.6 Å². The second-order valence-electron chi connectivity index (χ2n) is 7.20. The van der Waals surface area contributed by atoms with Crippen LogP contribution in [0.25, 0.3) is 11.0 Å². The summed E-state index contributed by atoms with van der Waals surface area (Å²) in [5.41, 5.74) is 2.01. The number of benzene rings is 2. The largest absolute Gasteiger partial charge is 0.347 e. The van der Waals surface area contributed by atoms with Crippen molar-refractivity contribution in [3.63, 3.8) is 0 Å². The van der Waals surface area contributed by atoms with Gasteiger partial charge in [-0.1, -0.05) is 49.2 Å². The molecule has 3 aromatic rings. The number of fused-ring (bicyclic) bond motifs is 1. The van der Waals surface area contributed by atoms with Gasteiger partial charge in [0.1, 0.15) is 11.9 Å². The van der Waals surface area contributed by atoms with Crippen molar-refractivity contribution in [2.75, 3.05) is 0 Å². The molecule has 0 bridgehead atoms. The molecule has 152 valence electrons. The van der Waals surface area contributed by atoms with E-state index in [-0.39, 0.29) is 29.0 Å². The summed E-state index contributed by atoms with van der Waals surface area (Å²) in [5.74, 6) is 0.154. The molecule has 3 rings (SSSR count). The molecule has 0 fully saturated rings. The zero-order chi connectivity index (χ0) is 21.0. The van der Waals surface area contributed by atoms with Crippen molar-refractivity contribution >= 4 is 46.0 Å². The fourth-order valence-electron chi connectivity index (χ4n) is 3.00. The Balaban J connectivity index is 1.68. The Labute approximate surface area is 179 Å². The highest BCUT2D eigenvalue weighted by Crippen LogP contribution is 2.21. The van der Waals surface area contributed by atoms with Gasteiger partial charge in [0, 0.05) is 5.02 Å². The summed E-state index contributed by atoms with van der Waals surface area (Å²) in [6.07, 6.45) is 0.489. The maximum atomic E-state index is 12.8. The molecule has 2 amide bonds. The van der Waals surface area contributed by atoms with Crippen LogP contribution in [0.1, 0.15) is 36.5 Å². The molecule has 0 aliphatic rings. The number of amides is 2. The van der Waals surface area contributed by atoms with Crippen molar-refractivity contribution in [2.24, 2.45) is 5.92 Å². The van der Waals surface area contributed by atoms with Crippen LogP contribution in [-0.2, 0) is 11.3 Å². The van der Waals surface area contributed by atoms with Crippen molar-refractivity contribution in [1.82, 2.24) is 20.6 Å². The molecule has 0 aliphatic heterocycles. The summed E-state index contributed by atoms with van der Waals surface area (Å²) in [4.78, 5) is 33.0. The van der Waals surface area contributed by atoms with Crippen molar-refractivity contribution in [3.8, 4) is 0 Å². The first-order valence-electron chi connectivity index (χ1n) is 9.30. The number of rotatable bonds is 7. The Kier molecular flexibility index (Phi) is 6.77. The van der Waals surface area contributed by atoms with E-state index < -0.39 is 11.9 Å². The average molecular weight is 433 g/mol. The number of H-pyrrole nitrogens is 1. The van der Waals surface area contributed by atoms with E-state index in [1.165, 1.54) is 6.07 Å². The number of imidazole rings is 1. The number of nitrogens with one attached hydrogen (secondary N) is 3. The van der Waals surface area contributed by atoms with Crippen LogP contribution in [0.4, 0.5) is 0 Å². The van der Waals surface area contributed by atoms with Crippen molar-refractivity contribution < 1.29 is 9.59 Å². The Morgan fingerprint density at radius 2 is 1.90 bits per heavy atom. The lowest BCUT2D eigenvalue weighted by Crippen LogP contribution is -2.47. The fourth-order valence-corrected chi connectivity index (χ4v) is 3.49. The molecule has 1 heterocycles. The minimum absolute atomic E-state index is 0.206. The minimum atomic E-state index is -0.696. The quantitative estimate of drug-likeness (QED) is 0.518. The highest BCUT2D eigenvalue weighted by Gasteiger charge is 2.23. The van der Waals surface area contributed by atoms with E-state index >= 15 is 0 Å². The Bertz CT molecular complexity index is 999. The molecule has 3 N–H and O–H groups in total. The molecule has 29 heavy (non-hydrogen) atoms. The van der Waals surface area contributed by atoms with Gasteiger partial charge in [-0.05, 0) is 42.7 Å². The second-order valence-corrected chi connectivity index (χ2v) is 8.04. The second kappa shape index (κ2) is 9.29. The highest BCUT2D eigenvalue weighted by molar-refractivity contribution is 6.36. The molecular formula is C21H22Cl2N4O2. The highest BCUT2D eigenvalue weighted by atomic mass is 35.5. The van der Waals surface area contributed by atoms with Crippen molar-refractivity contribution in [1.29, 1.82) is 0 Å². The van der Waals surface area contributed by atoms with E-state index in [1.807, 2.05) is 38.1 Å². The van der Waals surface area contributed by atoms with E-state index in [1.54, 1.807) is 12.1 Å². The first-order chi connectivity index (χ1) is 13.8.